The number of nitrogens with zero attached hydrogens (tertiary/aromatic N) is 1. The van der Waals surface area contributed by atoms with E-state index in [9.17, 15) is 22.8 Å². The Balaban J connectivity index is 1.37. The quantitative estimate of drug-likeness (QED) is 0.292. The lowest BCUT2D eigenvalue weighted by molar-refractivity contribution is -0.137. The summed E-state index contributed by atoms with van der Waals surface area (Å²) >= 11 is 2.55. The van der Waals surface area contributed by atoms with Gasteiger partial charge in [-0.15, -0.1) is 11.3 Å². The second-order valence-corrected chi connectivity index (χ2v) is 9.65. The normalized spacial score (nSPS) is 11.4. The third-order valence-electron chi connectivity index (χ3n) is 4.74. The minimum atomic E-state index is -4.48. The molecule has 4 rings (SSSR count). The Hall–Kier alpha value is -3.37. The molecule has 0 aliphatic heterocycles. The standard InChI is InChI=1S/C24H18F3N3O2S2/c1-14-5-7-15(8-6-14)22(32)29-18-9-10-19-20(12-18)34-23(30-19)33-13-21(31)28-17-4-2-3-16(11-17)24(25,26)27/h2-12H,13H2,1H3,(H,28,31)(H,29,32). The van der Waals surface area contributed by atoms with Gasteiger partial charge in [-0.1, -0.05) is 35.5 Å². The van der Waals surface area contributed by atoms with E-state index in [0.29, 0.717) is 15.6 Å². The highest BCUT2D eigenvalue weighted by atomic mass is 32.2. The third-order valence-corrected chi connectivity index (χ3v) is 6.90. The van der Waals surface area contributed by atoms with Gasteiger partial charge < -0.3 is 10.6 Å². The molecule has 0 atom stereocenters. The number of halogens is 3. The molecule has 1 aromatic heterocycles. The summed E-state index contributed by atoms with van der Waals surface area (Å²) in [5, 5.41) is 5.34. The van der Waals surface area contributed by atoms with Gasteiger partial charge >= 0.3 is 6.18 Å². The molecule has 174 valence electrons. The molecule has 0 saturated heterocycles. The van der Waals surface area contributed by atoms with Crippen LogP contribution in [0.3, 0.4) is 0 Å². The Morgan fingerprint density at radius 1 is 0.971 bits per heavy atom. The van der Waals surface area contributed by atoms with Crippen LogP contribution in [-0.2, 0) is 11.0 Å². The van der Waals surface area contributed by atoms with Gasteiger partial charge in [-0.05, 0) is 55.5 Å². The van der Waals surface area contributed by atoms with E-state index < -0.39 is 17.6 Å². The Kier molecular flexibility index (Phi) is 6.90. The summed E-state index contributed by atoms with van der Waals surface area (Å²) in [4.78, 5) is 29.1. The van der Waals surface area contributed by atoms with Gasteiger partial charge in [0.05, 0.1) is 21.5 Å². The summed E-state index contributed by atoms with van der Waals surface area (Å²) in [6, 6.07) is 17.1. The van der Waals surface area contributed by atoms with Crippen LogP contribution in [-0.4, -0.2) is 22.6 Å². The highest BCUT2D eigenvalue weighted by molar-refractivity contribution is 8.01. The zero-order chi connectivity index (χ0) is 24.3. The zero-order valence-electron chi connectivity index (χ0n) is 17.8. The average molecular weight is 502 g/mol. The first-order valence-corrected chi connectivity index (χ1v) is 11.9. The number of hydrogen-bond donors (Lipinski definition) is 2. The van der Waals surface area contributed by atoms with Gasteiger partial charge in [-0.25, -0.2) is 4.98 Å². The number of alkyl halides is 3. The number of benzene rings is 3. The van der Waals surface area contributed by atoms with Crippen molar-refractivity contribution in [1.82, 2.24) is 4.98 Å². The predicted octanol–water partition coefficient (Wildman–Crippen LogP) is 6.61. The topological polar surface area (TPSA) is 71.1 Å². The first-order chi connectivity index (χ1) is 16.2. The fourth-order valence-electron chi connectivity index (χ4n) is 3.05. The van der Waals surface area contributed by atoms with Crippen LogP contribution < -0.4 is 10.6 Å². The summed E-state index contributed by atoms with van der Waals surface area (Å²) < 4.78 is 40.0. The van der Waals surface area contributed by atoms with Crippen molar-refractivity contribution in [3.05, 3.63) is 83.4 Å². The Labute approximate surface area is 201 Å². The van der Waals surface area contributed by atoms with E-state index in [2.05, 4.69) is 15.6 Å². The van der Waals surface area contributed by atoms with Crippen LogP contribution in [0.1, 0.15) is 21.5 Å². The fourth-order valence-corrected chi connectivity index (χ4v) is 4.96. The first kappa shape index (κ1) is 23.8. The molecule has 34 heavy (non-hydrogen) atoms. The highest BCUT2D eigenvalue weighted by Crippen LogP contribution is 2.32. The molecule has 0 bridgehead atoms. The van der Waals surface area contributed by atoms with E-state index in [4.69, 9.17) is 0 Å². The molecule has 0 aliphatic carbocycles. The Morgan fingerprint density at radius 2 is 1.71 bits per heavy atom. The van der Waals surface area contributed by atoms with Crippen LogP contribution >= 0.6 is 23.1 Å². The van der Waals surface area contributed by atoms with Crippen molar-refractivity contribution in [2.75, 3.05) is 16.4 Å². The minimum absolute atomic E-state index is 0.00686. The van der Waals surface area contributed by atoms with Crippen molar-refractivity contribution in [1.29, 1.82) is 0 Å². The molecule has 10 heteroatoms. The molecular formula is C24H18F3N3O2S2. The summed E-state index contributed by atoms with van der Waals surface area (Å²) in [6.07, 6.45) is -4.48. The van der Waals surface area contributed by atoms with Crippen LogP contribution in [0.25, 0.3) is 10.2 Å². The van der Waals surface area contributed by atoms with Crippen molar-refractivity contribution in [2.24, 2.45) is 0 Å². The van der Waals surface area contributed by atoms with E-state index in [1.165, 1.54) is 35.2 Å². The number of thioether (sulfide) groups is 1. The molecule has 0 fully saturated rings. The number of thiazole rings is 1. The second kappa shape index (κ2) is 9.86. The van der Waals surface area contributed by atoms with Gasteiger partial charge in [0, 0.05) is 16.9 Å². The lowest BCUT2D eigenvalue weighted by Gasteiger charge is -2.09. The van der Waals surface area contributed by atoms with Gasteiger partial charge in [0.2, 0.25) is 5.91 Å². The van der Waals surface area contributed by atoms with Crippen LogP contribution in [0.5, 0.6) is 0 Å². The largest absolute Gasteiger partial charge is 0.416 e. The van der Waals surface area contributed by atoms with Crippen LogP contribution in [0.4, 0.5) is 24.5 Å². The number of aryl methyl sites for hydroxylation is 1. The summed E-state index contributed by atoms with van der Waals surface area (Å²) in [5.41, 5.74) is 2.22. The molecule has 5 nitrogen and oxygen atoms in total. The number of aromatic nitrogens is 1. The molecule has 0 spiro atoms. The molecule has 0 aliphatic rings. The lowest BCUT2D eigenvalue weighted by atomic mass is 10.1. The number of nitrogens with one attached hydrogen (secondary N) is 2. The number of carbonyl (C=O) groups excluding carboxylic acids is 2. The van der Waals surface area contributed by atoms with Gasteiger partial charge in [0.25, 0.3) is 5.91 Å². The number of fused-ring (bicyclic) bond motifs is 1. The van der Waals surface area contributed by atoms with E-state index in [1.54, 1.807) is 24.3 Å². The monoisotopic (exact) mass is 501 g/mol. The van der Waals surface area contributed by atoms with E-state index >= 15 is 0 Å². The second-order valence-electron chi connectivity index (χ2n) is 7.40. The summed E-state index contributed by atoms with van der Waals surface area (Å²) in [7, 11) is 0. The fraction of sp³-hybridized carbons (Fsp3) is 0.125. The predicted molar refractivity (Wildman–Crippen MR) is 130 cm³/mol. The molecule has 0 radical (unpaired) electrons. The molecule has 0 unspecified atom stereocenters. The number of rotatable bonds is 6. The third kappa shape index (κ3) is 5.95. The van der Waals surface area contributed by atoms with Crippen LogP contribution in [0.2, 0.25) is 0 Å². The molecule has 2 N–H and O–H groups in total. The molecule has 3 aromatic carbocycles. The molecule has 1 heterocycles. The van der Waals surface area contributed by atoms with Gasteiger partial charge in [-0.3, -0.25) is 9.59 Å². The lowest BCUT2D eigenvalue weighted by Crippen LogP contribution is -2.14. The van der Waals surface area contributed by atoms with Gasteiger partial charge in [0.15, 0.2) is 4.34 Å². The van der Waals surface area contributed by atoms with Crippen molar-refractivity contribution < 1.29 is 22.8 Å². The highest BCUT2D eigenvalue weighted by Gasteiger charge is 2.30. The number of amides is 2. The van der Waals surface area contributed by atoms with Crippen LogP contribution in [0.15, 0.2) is 71.1 Å². The van der Waals surface area contributed by atoms with Crippen LogP contribution in [0, 0.1) is 6.92 Å². The Morgan fingerprint density at radius 3 is 2.44 bits per heavy atom. The van der Waals surface area contributed by atoms with E-state index in [0.717, 1.165) is 27.9 Å². The minimum Gasteiger partial charge on any atom is -0.325 e. The molecular weight excluding hydrogens is 483 g/mol. The molecule has 4 aromatic rings. The van der Waals surface area contributed by atoms with Crippen molar-refractivity contribution in [3.63, 3.8) is 0 Å². The molecule has 0 saturated carbocycles. The maximum absolute atomic E-state index is 12.8. The molecule has 2 amide bonds. The summed E-state index contributed by atoms with van der Waals surface area (Å²) in [6.45, 7) is 1.95. The first-order valence-electron chi connectivity index (χ1n) is 10.1. The van der Waals surface area contributed by atoms with Crippen molar-refractivity contribution in [3.8, 4) is 0 Å². The van der Waals surface area contributed by atoms with E-state index in [-0.39, 0.29) is 17.3 Å². The summed E-state index contributed by atoms with van der Waals surface area (Å²) in [5.74, 6) is -0.660. The van der Waals surface area contributed by atoms with E-state index in [1.807, 2.05) is 25.1 Å². The van der Waals surface area contributed by atoms with Crippen molar-refractivity contribution in [2.45, 2.75) is 17.4 Å². The number of carbonyl (C=O) groups is 2. The maximum Gasteiger partial charge on any atom is 0.416 e. The number of anilines is 2. The maximum atomic E-state index is 12.8. The zero-order valence-corrected chi connectivity index (χ0v) is 19.4. The van der Waals surface area contributed by atoms with Gasteiger partial charge in [-0.2, -0.15) is 13.2 Å². The average Bonchev–Trinajstić information content (AvgIpc) is 3.20. The smallest absolute Gasteiger partial charge is 0.325 e. The van der Waals surface area contributed by atoms with Crippen molar-refractivity contribution >= 4 is 56.5 Å². The Bertz CT molecular complexity index is 1350. The van der Waals surface area contributed by atoms with Gasteiger partial charge in [0.1, 0.15) is 0 Å². The SMILES string of the molecule is Cc1ccc(C(=O)Nc2ccc3nc(SCC(=O)Nc4cccc(C(F)(F)F)c4)sc3c2)cc1. The number of hydrogen-bond acceptors (Lipinski definition) is 5.